The number of amides is 2. The van der Waals surface area contributed by atoms with Crippen LogP contribution >= 0.6 is 0 Å². The molecule has 0 fully saturated rings. The summed E-state index contributed by atoms with van der Waals surface area (Å²) in [7, 11) is 1.54. The number of nitrogens with two attached hydrogens (primary N) is 1. The number of rotatable bonds is 19. The number of aromatic nitrogens is 4. The normalized spacial score (nSPS) is 13.0. The SMILES string of the molecule is CC(C)C[C@H](CC(=O)[C@@H](O)[C@H](N)Cc1ccccc1)C(=O)NCCOCCOc1ccc(C(=O)Nc2ccc3oc(-c4ccc(=O)n(C)n4)nc3c2)nc1. The molecule has 0 radical (unpaired) electrons. The molecule has 3 heterocycles. The van der Waals surface area contributed by atoms with E-state index in [4.69, 9.17) is 19.6 Å². The standard InChI is InChI=1S/C39H45N7O8/c1-24(2)19-26(21-33(47)36(49)29(40)20-25-7-5-4-6-8-25)37(50)41-15-16-52-17-18-53-28-10-11-30(42-23-28)38(51)43-27-9-13-34-32(22-27)44-39(54-34)31-12-14-35(48)46(3)45-31/h4-14,22-24,26,29,36,49H,15-21,40H2,1-3H3,(H,41,50)(H,43,51)/t26-,29-,36+/m1/s1. The average molecular weight is 740 g/mol. The quantitative estimate of drug-likeness (QED) is 0.0899. The molecule has 0 bridgehead atoms. The van der Waals surface area contributed by atoms with Crippen LogP contribution in [-0.2, 0) is 27.8 Å². The predicted octanol–water partition coefficient (Wildman–Crippen LogP) is 3.30. The van der Waals surface area contributed by atoms with Gasteiger partial charge in [0.1, 0.15) is 35.4 Å². The maximum Gasteiger partial charge on any atom is 0.274 e. The number of pyridine rings is 1. The highest BCUT2D eigenvalue weighted by Crippen LogP contribution is 2.25. The molecule has 2 amide bonds. The highest BCUT2D eigenvalue weighted by Gasteiger charge is 2.29. The van der Waals surface area contributed by atoms with Gasteiger partial charge in [0, 0.05) is 43.7 Å². The van der Waals surface area contributed by atoms with Crippen LogP contribution < -0.4 is 26.7 Å². The van der Waals surface area contributed by atoms with E-state index in [2.05, 4.69) is 25.7 Å². The van der Waals surface area contributed by atoms with Gasteiger partial charge in [-0.25, -0.2) is 14.6 Å². The van der Waals surface area contributed by atoms with Gasteiger partial charge in [0.2, 0.25) is 11.8 Å². The summed E-state index contributed by atoms with van der Waals surface area (Å²) in [6.45, 7) is 4.85. The summed E-state index contributed by atoms with van der Waals surface area (Å²) in [4.78, 5) is 59.0. The molecule has 15 heteroatoms. The van der Waals surface area contributed by atoms with Crippen molar-refractivity contribution >= 4 is 34.4 Å². The zero-order valence-electron chi connectivity index (χ0n) is 30.4. The summed E-state index contributed by atoms with van der Waals surface area (Å²) >= 11 is 0. The van der Waals surface area contributed by atoms with Crippen LogP contribution in [-0.4, -0.2) is 81.0 Å². The summed E-state index contributed by atoms with van der Waals surface area (Å²) in [6.07, 6.45) is 0.801. The number of hydrogen-bond acceptors (Lipinski definition) is 12. The summed E-state index contributed by atoms with van der Waals surface area (Å²) in [5.41, 5.74) is 8.84. The number of nitrogens with one attached hydrogen (secondary N) is 2. The van der Waals surface area contributed by atoms with Crippen LogP contribution in [0.5, 0.6) is 5.75 Å². The van der Waals surface area contributed by atoms with Crippen LogP contribution in [0.1, 0.15) is 42.7 Å². The average Bonchev–Trinajstić information content (AvgIpc) is 3.59. The molecule has 5 rings (SSSR count). The van der Waals surface area contributed by atoms with Crippen molar-refractivity contribution in [2.24, 2.45) is 24.6 Å². The van der Waals surface area contributed by atoms with Gasteiger partial charge in [-0.15, -0.1) is 0 Å². The number of anilines is 1. The van der Waals surface area contributed by atoms with Crippen LogP contribution in [0, 0.1) is 11.8 Å². The van der Waals surface area contributed by atoms with Crippen LogP contribution in [0.15, 0.2) is 88.2 Å². The Bertz CT molecular complexity index is 2080. The van der Waals surface area contributed by atoms with Crippen molar-refractivity contribution in [2.75, 3.05) is 31.7 Å². The largest absolute Gasteiger partial charge is 0.490 e. The van der Waals surface area contributed by atoms with Crippen molar-refractivity contribution in [1.29, 1.82) is 0 Å². The minimum Gasteiger partial charge on any atom is -0.490 e. The number of hydrogen-bond donors (Lipinski definition) is 4. The number of fused-ring (bicyclic) bond motifs is 1. The minimum absolute atomic E-state index is 0.102. The summed E-state index contributed by atoms with van der Waals surface area (Å²) in [6, 6.07) is 19.7. The van der Waals surface area contributed by atoms with Crippen LogP contribution in [0.3, 0.4) is 0 Å². The van der Waals surface area contributed by atoms with E-state index in [1.54, 1.807) is 24.3 Å². The van der Waals surface area contributed by atoms with E-state index in [1.165, 1.54) is 36.1 Å². The van der Waals surface area contributed by atoms with E-state index in [0.29, 0.717) is 41.1 Å². The lowest BCUT2D eigenvalue weighted by molar-refractivity contribution is -0.134. The molecular formula is C39H45N7O8. The number of carbonyl (C=O) groups excluding carboxylic acids is 3. The van der Waals surface area contributed by atoms with E-state index in [9.17, 15) is 24.3 Å². The molecule has 3 aromatic heterocycles. The molecule has 5 N–H and O–H groups in total. The zero-order chi connectivity index (χ0) is 38.6. The molecule has 0 saturated carbocycles. The van der Waals surface area contributed by atoms with Gasteiger partial charge < -0.3 is 35.4 Å². The van der Waals surface area contributed by atoms with Gasteiger partial charge >= 0.3 is 0 Å². The van der Waals surface area contributed by atoms with E-state index >= 15 is 0 Å². The summed E-state index contributed by atoms with van der Waals surface area (Å²) in [5.74, 6) is -0.907. The van der Waals surface area contributed by atoms with Gasteiger partial charge in [-0.05, 0) is 60.7 Å². The third kappa shape index (κ3) is 11.1. The Morgan fingerprint density at radius 1 is 1.00 bits per heavy atom. The second kappa shape index (κ2) is 18.8. The van der Waals surface area contributed by atoms with Gasteiger partial charge in [-0.1, -0.05) is 44.2 Å². The van der Waals surface area contributed by atoms with Gasteiger partial charge in [0.25, 0.3) is 11.5 Å². The Kier molecular flexibility index (Phi) is 13.7. The van der Waals surface area contributed by atoms with E-state index < -0.39 is 29.8 Å². The van der Waals surface area contributed by atoms with Crippen molar-refractivity contribution < 1.29 is 33.4 Å². The van der Waals surface area contributed by atoms with E-state index in [1.807, 2.05) is 44.2 Å². The molecule has 0 aliphatic carbocycles. The first-order valence-corrected chi connectivity index (χ1v) is 17.7. The third-order valence-corrected chi connectivity index (χ3v) is 8.46. The lowest BCUT2D eigenvalue weighted by Gasteiger charge is -2.22. The number of nitrogens with zero attached hydrogens (tertiary/aromatic N) is 4. The summed E-state index contributed by atoms with van der Waals surface area (Å²) in [5, 5.41) is 20.3. The fourth-order valence-electron chi connectivity index (χ4n) is 5.69. The van der Waals surface area contributed by atoms with Crippen LogP contribution in [0.2, 0.25) is 0 Å². The summed E-state index contributed by atoms with van der Waals surface area (Å²) < 4.78 is 18.2. The Hall–Kier alpha value is -5.77. The molecule has 5 aromatic rings. The van der Waals surface area contributed by atoms with Gasteiger partial charge in [-0.2, -0.15) is 5.10 Å². The maximum absolute atomic E-state index is 13.0. The molecule has 0 aliphatic heterocycles. The molecular weight excluding hydrogens is 694 g/mol. The Morgan fingerprint density at radius 2 is 1.80 bits per heavy atom. The van der Waals surface area contributed by atoms with Crippen molar-refractivity contribution in [3.8, 4) is 17.3 Å². The van der Waals surface area contributed by atoms with Crippen molar-refractivity contribution in [3.05, 3.63) is 101 Å². The number of carbonyl (C=O) groups is 3. The Balaban J connectivity index is 1.00. The number of aliphatic hydroxyl groups excluding tert-OH is 1. The molecule has 54 heavy (non-hydrogen) atoms. The number of ketones is 1. The Morgan fingerprint density at radius 3 is 2.52 bits per heavy atom. The number of Topliss-reactive ketones (excluding diaryl/α,β-unsaturated/α-hetero) is 1. The molecule has 0 aliphatic rings. The van der Waals surface area contributed by atoms with Gasteiger partial charge in [0.15, 0.2) is 11.4 Å². The predicted molar refractivity (Wildman–Crippen MR) is 201 cm³/mol. The topological polar surface area (TPSA) is 214 Å². The number of ether oxygens (including phenoxy) is 2. The molecule has 2 aromatic carbocycles. The number of aliphatic hydroxyl groups is 1. The van der Waals surface area contributed by atoms with Crippen LogP contribution in [0.25, 0.3) is 22.7 Å². The van der Waals surface area contributed by atoms with Gasteiger partial charge in [-0.3, -0.25) is 19.2 Å². The molecule has 0 unspecified atom stereocenters. The fourth-order valence-corrected chi connectivity index (χ4v) is 5.69. The van der Waals surface area contributed by atoms with Gasteiger partial charge in [0.05, 0.1) is 19.4 Å². The van der Waals surface area contributed by atoms with E-state index in [0.717, 1.165) is 5.56 Å². The molecule has 284 valence electrons. The second-order valence-corrected chi connectivity index (χ2v) is 13.3. The lowest BCUT2D eigenvalue weighted by Crippen LogP contribution is -2.44. The fraction of sp³-hybridized carbons (Fsp3) is 0.359. The minimum atomic E-state index is -1.37. The number of benzene rings is 2. The lowest BCUT2D eigenvalue weighted by atomic mass is 9.88. The van der Waals surface area contributed by atoms with Crippen molar-refractivity contribution in [3.63, 3.8) is 0 Å². The highest BCUT2D eigenvalue weighted by molar-refractivity contribution is 6.03. The molecule has 0 saturated heterocycles. The van der Waals surface area contributed by atoms with Crippen molar-refractivity contribution in [1.82, 2.24) is 25.1 Å². The monoisotopic (exact) mass is 739 g/mol. The molecule has 0 spiro atoms. The highest BCUT2D eigenvalue weighted by atomic mass is 16.5. The maximum atomic E-state index is 13.0. The Labute approximate surface area is 311 Å². The molecule has 3 atom stereocenters. The number of oxazole rings is 1. The number of aryl methyl sites for hydroxylation is 1. The smallest absolute Gasteiger partial charge is 0.274 e. The van der Waals surface area contributed by atoms with Crippen LogP contribution in [0.4, 0.5) is 5.69 Å². The first-order valence-electron chi connectivity index (χ1n) is 17.7. The first kappa shape index (κ1) is 39.4. The second-order valence-electron chi connectivity index (χ2n) is 13.3. The molecule has 15 nitrogen and oxygen atoms in total. The zero-order valence-corrected chi connectivity index (χ0v) is 30.4. The van der Waals surface area contributed by atoms with Crippen molar-refractivity contribution in [2.45, 2.75) is 45.3 Å². The third-order valence-electron chi connectivity index (χ3n) is 8.46. The first-order chi connectivity index (χ1) is 26.0. The van der Waals surface area contributed by atoms with E-state index in [-0.39, 0.29) is 61.8 Å².